The van der Waals surface area contributed by atoms with E-state index in [1.165, 1.54) is 0 Å². The van der Waals surface area contributed by atoms with Gasteiger partial charge in [-0.15, -0.1) is 0 Å². The van der Waals surface area contributed by atoms with Crippen LogP contribution in [0.1, 0.15) is 12.5 Å². The van der Waals surface area contributed by atoms with E-state index in [9.17, 15) is 0 Å². The monoisotopic (exact) mass is 218 g/mol. The van der Waals surface area contributed by atoms with Crippen molar-refractivity contribution in [1.29, 1.82) is 5.26 Å². The Bertz CT molecular complexity index is 379. The van der Waals surface area contributed by atoms with Gasteiger partial charge < -0.3 is 4.74 Å². The van der Waals surface area contributed by atoms with Crippen LogP contribution in [0.2, 0.25) is 0 Å². The number of hydrogen-bond donors (Lipinski definition) is 1. The summed E-state index contributed by atoms with van der Waals surface area (Å²) in [4.78, 5) is 4.69. The smallest absolute Gasteiger partial charge is 0.131 e. The van der Waals surface area contributed by atoms with E-state index in [0.29, 0.717) is 17.9 Å². The number of nitrogens with zero attached hydrogens (tertiary/aromatic N) is 1. The van der Waals surface area contributed by atoms with Crippen molar-refractivity contribution in [2.75, 3.05) is 6.61 Å². The summed E-state index contributed by atoms with van der Waals surface area (Å²) in [5, 5.41) is 8.62. The zero-order chi connectivity index (χ0) is 11.8. The molecule has 0 fully saturated rings. The van der Waals surface area contributed by atoms with Crippen LogP contribution in [0.4, 0.5) is 0 Å². The third-order valence-electron chi connectivity index (χ3n) is 1.98. The highest BCUT2D eigenvalue weighted by atomic mass is 16.6. The van der Waals surface area contributed by atoms with Gasteiger partial charge in [0.25, 0.3) is 0 Å². The second kappa shape index (κ2) is 6.62. The summed E-state index contributed by atoms with van der Waals surface area (Å²) >= 11 is 0. The van der Waals surface area contributed by atoms with Crippen LogP contribution >= 0.6 is 0 Å². The molecule has 0 heterocycles. The van der Waals surface area contributed by atoms with Crippen molar-refractivity contribution in [3.05, 3.63) is 42.0 Å². The lowest BCUT2D eigenvalue weighted by molar-refractivity contribution is 0.0504. The van der Waals surface area contributed by atoms with Crippen LogP contribution in [0.5, 0.6) is 5.75 Å². The topological polar surface area (TPSA) is 68.3 Å². The molecule has 0 aliphatic carbocycles. The molecule has 16 heavy (non-hydrogen) atoms. The lowest BCUT2D eigenvalue weighted by atomic mass is 10.2. The van der Waals surface area contributed by atoms with Crippen molar-refractivity contribution >= 4 is 0 Å². The summed E-state index contributed by atoms with van der Waals surface area (Å²) in [7, 11) is 0. The number of hydrogen-bond acceptors (Lipinski definition) is 4. The molecule has 4 heteroatoms. The van der Waals surface area contributed by atoms with E-state index < -0.39 is 0 Å². The van der Waals surface area contributed by atoms with Gasteiger partial charge in [0.05, 0.1) is 11.6 Å². The highest BCUT2D eigenvalue weighted by Crippen LogP contribution is 2.12. The minimum absolute atomic E-state index is 0.263. The van der Waals surface area contributed by atoms with Crippen LogP contribution in [0.25, 0.3) is 0 Å². The number of ether oxygens (including phenoxy) is 1. The molecule has 1 atom stereocenters. The summed E-state index contributed by atoms with van der Waals surface area (Å²) in [6.07, 6.45) is 3.39. The Morgan fingerprint density at radius 1 is 1.44 bits per heavy atom. The molecule has 1 aromatic carbocycles. The average Bonchev–Trinajstić information content (AvgIpc) is 2.35. The Balaban J connectivity index is 2.51. The molecule has 84 valence electrons. The van der Waals surface area contributed by atoms with E-state index in [4.69, 9.17) is 20.7 Å². The van der Waals surface area contributed by atoms with Crippen LogP contribution in [-0.2, 0) is 4.84 Å². The third kappa shape index (κ3) is 3.73. The Kier molecular flexibility index (Phi) is 5.06. The van der Waals surface area contributed by atoms with Gasteiger partial charge in [0.2, 0.25) is 0 Å². The lowest BCUT2D eigenvalue weighted by Crippen LogP contribution is -2.22. The minimum atomic E-state index is -0.263. The highest BCUT2D eigenvalue weighted by Gasteiger charge is 2.04. The maximum absolute atomic E-state index is 8.62. The van der Waals surface area contributed by atoms with Gasteiger partial charge >= 0.3 is 0 Å². The third-order valence-corrected chi connectivity index (χ3v) is 1.98. The average molecular weight is 218 g/mol. The fraction of sp³-hybridized carbons (Fsp3) is 0.250. The van der Waals surface area contributed by atoms with Crippen molar-refractivity contribution in [2.24, 2.45) is 5.90 Å². The number of allylic oxidation sites excluding steroid dienone is 1. The molecular formula is C12H14N2O2. The van der Waals surface area contributed by atoms with Crippen LogP contribution in [0.3, 0.4) is 0 Å². The summed E-state index contributed by atoms with van der Waals surface area (Å²) in [5.74, 6) is 5.78. The SMILES string of the molecule is CC=CC(COc1ccc(C#N)cc1)ON. The Labute approximate surface area is 94.8 Å². The molecule has 1 rings (SSSR count). The predicted octanol–water partition coefficient (Wildman–Crippen LogP) is 1.77. The largest absolute Gasteiger partial charge is 0.490 e. The van der Waals surface area contributed by atoms with Crippen LogP contribution in [0.15, 0.2) is 36.4 Å². The molecule has 1 unspecified atom stereocenters. The Morgan fingerprint density at radius 2 is 2.12 bits per heavy atom. The molecule has 0 amide bonds. The van der Waals surface area contributed by atoms with E-state index in [-0.39, 0.29) is 6.10 Å². The minimum Gasteiger partial charge on any atom is -0.490 e. The number of nitriles is 1. The molecule has 0 aliphatic rings. The second-order valence-electron chi connectivity index (χ2n) is 3.15. The van der Waals surface area contributed by atoms with Crippen molar-refractivity contribution in [2.45, 2.75) is 13.0 Å². The first kappa shape index (κ1) is 12.2. The molecule has 0 bridgehead atoms. The van der Waals surface area contributed by atoms with Gasteiger partial charge in [-0.05, 0) is 31.2 Å². The zero-order valence-corrected chi connectivity index (χ0v) is 9.09. The predicted molar refractivity (Wildman–Crippen MR) is 60.5 cm³/mol. The van der Waals surface area contributed by atoms with Gasteiger partial charge in [0, 0.05) is 0 Å². The molecule has 0 saturated heterocycles. The maximum atomic E-state index is 8.62. The first-order chi connectivity index (χ1) is 7.80. The fourth-order valence-corrected chi connectivity index (χ4v) is 1.16. The summed E-state index contributed by atoms with van der Waals surface area (Å²) in [6, 6.07) is 8.91. The summed E-state index contributed by atoms with van der Waals surface area (Å²) in [6.45, 7) is 2.22. The highest BCUT2D eigenvalue weighted by molar-refractivity contribution is 5.34. The normalized spacial score (nSPS) is 12.3. The van der Waals surface area contributed by atoms with Crippen LogP contribution in [-0.4, -0.2) is 12.7 Å². The Hall–Kier alpha value is -1.83. The van der Waals surface area contributed by atoms with Gasteiger partial charge in [-0.25, -0.2) is 5.90 Å². The zero-order valence-electron chi connectivity index (χ0n) is 9.09. The lowest BCUT2D eigenvalue weighted by Gasteiger charge is -2.11. The van der Waals surface area contributed by atoms with Crippen molar-refractivity contribution in [1.82, 2.24) is 0 Å². The fourth-order valence-electron chi connectivity index (χ4n) is 1.16. The van der Waals surface area contributed by atoms with Gasteiger partial charge in [-0.1, -0.05) is 12.2 Å². The van der Waals surface area contributed by atoms with Crippen molar-refractivity contribution in [3.8, 4) is 11.8 Å². The summed E-state index contributed by atoms with van der Waals surface area (Å²) in [5.41, 5.74) is 0.604. The number of nitrogens with two attached hydrogens (primary N) is 1. The Morgan fingerprint density at radius 3 is 2.62 bits per heavy atom. The molecule has 0 radical (unpaired) electrons. The van der Waals surface area contributed by atoms with Crippen molar-refractivity contribution < 1.29 is 9.57 Å². The second-order valence-corrected chi connectivity index (χ2v) is 3.15. The van der Waals surface area contributed by atoms with Gasteiger partial charge in [0.15, 0.2) is 0 Å². The molecule has 4 nitrogen and oxygen atoms in total. The van der Waals surface area contributed by atoms with Gasteiger partial charge in [0.1, 0.15) is 18.5 Å². The van der Waals surface area contributed by atoms with E-state index in [2.05, 4.69) is 0 Å². The quantitative estimate of drug-likeness (QED) is 0.604. The maximum Gasteiger partial charge on any atom is 0.131 e. The van der Waals surface area contributed by atoms with Gasteiger partial charge in [-0.3, -0.25) is 4.84 Å². The number of benzene rings is 1. The first-order valence-electron chi connectivity index (χ1n) is 4.91. The van der Waals surface area contributed by atoms with Gasteiger partial charge in [-0.2, -0.15) is 5.26 Å². The molecule has 0 aliphatic heterocycles. The van der Waals surface area contributed by atoms with E-state index in [1.54, 1.807) is 24.3 Å². The first-order valence-corrected chi connectivity index (χ1v) is 4.91. The standard InChI is InChI=1S/C12H14N2O2/c1-2-3-12(16-14)9-15-11-6-4-10(8-13)5-7-11/h2-7,12H,9,14H2,1H3. The van der Waals surface area contributed by atoms with Crippen molar-refractivity contribution in [3.63, 3.8) is 0 Å². The van der Waals surface area contributed by atoms with E-state index in [1.807, 2.05) is 25.1 Å². The summed E-state index contributed by atoms with van der Waals surface area (Å²) < 4.78 is 5.45. The van der Waals surface area contributed by atoms with Crippen LogP contribution < -0.4 is 10.6 Å². The van der Waals surface area contributed by atoms with Crippen LogP contribution in [0, 0.1) is 11.3 Å². The number of rotatable bonds is 5. The molecule has 0 saturated carbocycles. The molecule has 2 N–H and O–H groups in total. The van der Waals surface area contributed by atoms with E-state index >= 15 is 0 Å². The molecule has 0 spiro atoms. The van der Waals surface area contributed by atoms with E-state index in [0.717, 1.165) is 0 Å². The molecule has 0 aromatic heterocycles. The molecule has 1 aromatic rings. The molecular weight excluding hydrogens is 204 g/mol.